The number of benzene rings is 2. The second kappa shape index (κ2) is 11.6. The molecule has 7 nitrogen and oxygen atoms in total. The predicted octanol–water partition coefficient (Wildman–Crippen LogP) is 4.72. The molecule has 2 aromatic carbocycles. The van der Waals surface area contributed by atoms with Gasteiger partial charge in [-0.1, -0.05) is 56.1 Å². The fourth-order valence-corrected chi connectivity index (χ4v) is 6.95. The Morgan fingerprint density at radius 3 is 2.65 bits per heavy atom. The maximum Gasteiger partial charge on any atom is 0.237 e. The van der Waals surface area contributed by atoms with Crippen LogP contribution in [0.4, 0.5) is 10.1 Å². The number of carbonyl (C=O) groups excluding carboxylic acids is 2. The molecule has 5 rings (SSSR count). The number of nitrogens with zero attached hydrogens (tertiary/aromatic N) is 1. The molecule has 216 valence electrons. The average molecular weight is 592 g/mol. The summed E-state index contributed by atoms with van der Waals surface area (Å²) in [6, 6.07) is 8.87. The highest BCUT2D eigenvalue weighted by atomic mass is 35.5. The summed E-state index contributed by atoms with van der Waals surface area (Å²) in [6.07, 6.45) is 1.37. The number of halogens is 3. The highest BCUT2D eigenvalue weighted by Gasteiger charge is 2.65. The Labute approximate surface area is 245 Å². The van der Waals surface area contributed by atoms with Gasteiger partial charge in [0, 0.05) is 42.3 Å². The second-order valence-electron chi connectivity index (χ2n) is 12.2. The van der Waals surface area contributed by atoms with Crippen molar-refractivity contribution in [3.63, 3.8) is 0 Å². The van der Waals surface area contributed by atoms with Crippen LogP contribution in [-0.2, 0) is 19.7 Å². The summed E-state index contributed by atoms with van der Waals surface area (Å²) in [5.74, 6) is -1.72. The van der Waals surface area contributed by atoms with Crippen molar-refractivity contribution in [1.82, 2.24) is 15.5 Å². The van der Waals surface area contributed by atoms with Gasteiger partial charge in [0.05, 0.1) is 24.3 Å². The molecule has 0 aliphatic carbocycles. The second-order valence-corrected chi connectivity index (χ2v) is 13.1. The zero-order chi connectivity index (χ0) is 28.7. The van der Waals surface area contributed by atoms with Gasteiger partial charge in [-0.2, -0.15) is 0 Å². The normalized spacial score (nSPS) is 26.6. The Morgan fingerprint density at radius 2 is 1.95 bits per heavy atom. The Bertz CT molecular complexity index is 1280. The number of hydrogen-bond acceptors (Lipinski definition) is 5. The van der Waals surface area contributed by atoms with Crippen LogP contribution in [0.2, 0.25) is 10.0 Å². The molecule has 3 heterocycles. The van der Waals surface area contributed by atoms with Crippen molar-refractivity contribution in [2.45, 2.75) is 57.0 Å². The summed E-state index contributed by atoms with van der Waals surface area (Å²) >= 11 is 12.6. The molecule has 2 fully saturated rings. The van der Waals surface area contributed by atoms with E-state index in [0.29, 0.717) is 29.2 Å². The lowest BCUT2D eigenvalue weighted by Crippen LogP contribution is -2.49. The smallest absolute Gasteiger partial charge is 0.237 e. The first-order valence-corrected chi connectivity index (χ1v) is 14.7. The number of amides is 2. The summed E-state index contributed by atoms with van der Waals surface area (Å²) in [5.41, 5.74) is 0.267. The zero-order valence-electron chi connectivity index (χ0n) is 23.2. The number of morpholine rings is 1. The highest BCUT2D eigenvalue weighted by Crippen LogP contribution is 2.57. The van der Waals surface area contributed by atoms with Crippen LogP contribution in [0.25, 0.3) is 0 Å². The quantitative estimate of drug-likeness (QED) is 0.406. The van der Waals surface area contributed by atoms with E-state index in [1.807, 2.05) is 12.1 Å². The van der Waals surface area contributed by atoms with E-state index in [9.17, 15) is 9.59 Å². The van der Waals surface area contributed by atoms with Crippen molar-refractivity contribution in [3.05, 3.63) is 63.4 Å². The van der Waals surface area contributed by atoms with Crippen LogP contribution < -0.4 is 16.0 Å². The summed E-state index contributed by atoms with van der Waals surface area (Å²) in [7, 11) is 0. The average Bonchev–Trinajstić information content (AvgIpc) is 3.37. The van der Waals surface area contributed by atoms with Crippen LogP contribution in [-0.4, -0.2) is 68.2 Å². The first kappa shape index (κ1) is 29.3. The van der Waals surface area contributed by atoms with Gasteiger partial charge in [0.2, 0.25) is 11.8 Å². The highest BCUT2D eigenvalue weighted by molar-refractivity contribution is 6.31. The zero-order valence-corrected chi connectivity index (χ0v) is 24.7. The van der Waals surface area contributed by atoms with E-state index < -0.39 is 29.2 Å². The first-order chi connectivity index (χ1) is 19.0. The van der Waals surface area contributed by atoms with Gasteiger partial charge < -0.3 is 20.7 Å². The number of rotatable bonds is 7. The van der Waals surface area contributed by atoms with Gasteiger partial charge in [0.1, 0.15) is 11.2 Å². The molecule has 10 heteroatoms. The van der Waals surface area contributed by atoms with Gasteiger partial charge in [-0.05, 0) is 60.2 Å². The first-order valence-electron chi connectivity index (χ1n) is 13.9. The van der Waals surface area contributed by atoms with Crippen LogP contribution in [0.3, 0.4) is 0 Å². The lowest BCUT2D eigenvalue weighted by Gasteiger charge is -2.37. The predicted molar refractivity (Wildman–Crippen MR) is 156 cm³/mol. The van der Waals surface area contributed by atoms with Gasteiger partial charge in [-0.15, -0.1) is 0 Å². The van der Waals surface area contributed by atoms with Crippen LogP contribution in [0.1, 0.15) is 50.7 Å². The van der Waals surface area contributed by atoms with Crippen molar-refractivity contribution in [2.75, 3.05) is 44.7 Å². The Morgan fingerprint density at radius 1 is 1.20 bits per heavy atom. The fraction of sp³-hybridized carbons (Fsp3) is 0.533. The molecule has 1 spiro atoms. The van der Waals surface area contributed by atoms with E-state index in [4.69, 9.17) is 27.9 Å². The number of carbonyl (C=O) groups is 2. The number of ether oxygens (including phenoxy) is 1. The molecule has 2 saturated heterocycles. The molecule has 0 radical (unpaired) electrons. The van der Waals surface area contributed by atoms with Crippen molar-refractivity contribution >= 4 is 40.7 Å². The molecule has 0 bridgehead atoms. The molecule has 0 saturated carbocycles. The minimum atomic E-state index is -1.26. The molecule has 40 heavy (non-hydrogen) atoms. The maximum absolute atomic E-state index is 15.0. The maximum atomic E-state index is 15.0. The summed E-state index contributed by atoms with van der Waals surface area (Å²) < 4.78 is 20.4. The third kappa shape index (κ3) is 5.61. The van der Waals surface area contributed by atoms with Crippen molar-refractivity contribution in [3.8, 4) is 0 Å². The minimum Gasteiger partial charge on any atom is -0.379 e. The monoisotopic (exact) mass is 590 g/mol. The van der Waals surface area contributed by atoms with E-state index in [1.165, 1.54) is 12.1 Å². The number of fused-ring (bicyclic) bond motifs is 2. The van der Waals surface area contributed by atoms with Crippen molar-refractivity contribution in [1.29, 1.82) is 0 Å². The minimum absolute atomic E-state index is 0.0664. The molecule has 2 amide bonds. The third-order valence-corrected chi connectivity index (χ3v) is 8.77. The molecule has 3 N–H and O–H groups in total. The summed E-state index contributed by atoms with van der Waals surface area (Å²) in [5, 5.41) is 10.1. The largest absolute Gasteiger partial charge is 0.379 e. The standard InChI is InChI=1S/C30H37Cl2FN4O3/c1-29(2,3)17-24-30(20-15-22(33)21(32)16-23(20)35-28(30)39)25(18-6-4-7-19(31)14-18)26(36-24)27(38)34-8-5-9-37-10-12-40-13-11-37/h4,6-7,14-16,24-26,36H,5,8-13,17H2,1-3H3,(H,34,38)(H,35,39). The number of anilines is 1. The molecule has 3 aliphatic rings. The summed E-state index contributed by atoms with van der Waals surface area (Å²) in [4.78, 5) is 30.4. The Balaban J connectivity index is 1.53. The van der Waals surface area contributed by atoms with Crippen molar-refractivity contribution in [2.24, 2.45) is 5.41 Å². The third-order valence-electron chi connectivity index (χ3n) is 8.25. The van der Waals surface area contributed by atoms with Gasteiger partial charge >= 0.3 is 0 Å². The van der Waals surface area contributed by atoms with Gasteiger partial charge in [-0.25, -0.2) is 4.39 Å². The van der Waals surface area contributed by atoms with E-state index in [1.54, 1.807) is 12.1 Å². The Kier molecular flexibility index (Phi) is 8.47. The van der Waals surface area contributed by atoms with Crippen LogP contribution >= 0.6 is 23.2 Å². The molecule has 0 aromatic heterocycles. The van der Waals surface area contributed by atoms with Crippen molar-refractivity contribution < 1.29 is 18.7 Å². The number of hydrogen-bond donors (Lipinski definition) is 3. The van der Waals surface area contributed by atoms with E-state index in [-0.39, 0.29) is 22.3 Å². The van der Waals surface area contributed by atoms with Crippen LogP contribution in [0.15, 0.2) is 36.4 Å². The Hall–Kier alpha value is -2.23. The number of nitrogens with one attached hydrogen (secondary N) is 3. The molecule has 3 aliphatic heterocycles. The molecule has 4 unspecified atom stereocenters. The van der Waals surface area contributed by atoms with Crippen LogP contribution in [0, 0.1) is 11.2 Å². The van der Waals surface area contributed by atoms with Gasteiger partial charge in [0.15, 0.2) is 0 Å². The SMILES string of the molecule is CC(C)(C)CC1NC(C(=O)NCCCN2CCOCC2)C(c2cccc(Cl)c2)C12C(=O)Nc1cc(Cl)c(F)cc12. The lowest BCUT2D eigenvalue weighted by atomic mass is 9.62. The van der Waals surface area contributed by atoms with Gasteiger partial charge in [0.25, 0.3) is 0 Å². The van der Waals surface area contributed by atoms with Gasteiger partial charge in [-0.3, -0.25) is 14.5 Å². The molecular weight excluding hydrogens is 554 g/mol. The van der Waals surface area contributed by atoms with E-state index >= 15 is 4.39 Å². The molecule has 4 atom stereocenters. The van der Waals surface area contributed by atoms with E-state index in [0.717, 1.165) is 44.8 Å². The topological polar surface area (TPSA) is 82.7 Å². The molecular formula is C30H37Cl2FN4O3. The molecule has 2 aromatic rings. The summed E-state index contributed by atoms with van der Waals surface area (Å²) in [6.45, 7) is 10.9. The van der Waals surface area contributed by atoms with Crippen LogP contribution in [0.5, 0.6) is 0 Å². The van der Waals surface area contributed by atoms with E-state index in [2.05, 4.69) is 41.6 Å². The fourth-order valence-electron chi connectivity index (χ4n) is 6.58. The lowest BCUT2D eigenvalue weighted by molar-refractivity contribution is -0.123.